The van der Waals surface area contributed by atoms with Gasteiger partial charge >= 0.3 is 0 Å². The van der Waals surface area contributed by atoms with Crippen LogP contribution in [0.1, 0.15) is 12.8 Å². The Morgan fingerprint density at radius 3 is 2.57 bits per heavy atom. The molecule has 1 atom stereocenters. The smallest absolute Gasteiger partial charge is 0.225 e. The second kappa shape index (κ2) is 7.55. The fourth-order valence-electron chi connectivity index (χ4n) is 4.14. The minimum absolute atomic E-state index is 0.370. The van der Waals surface area contributed by atoms with Crippen LogP contribution >= 0.6 is 0 Å². The standard InChI is InChI=1S/C17H28N4O2/c1-22-11-10-20-12-15(13-23-2)17(14-20)4-8-21(9-5-17)16-18-6-3-7-19-16/h3,6-7,15H,4-5,8-14H2,1-2H3/t15-/m1/s1. The molecule has 2 saturated heterocycles. The van der Waals surface area contributed by atoms with E-state index in [1.807, 2.05) is 25.6 Å². The van der Waals surface area contributed by atoms with Crippen molar-refractivity contribution < 1.29 is 9.47 Å². The normalized spacial score (nSPS) is 24.4. The maximum Gasteiger partial charge on any atom is 0.225 e. The lowest BCUT2D eigenvalue weighted by atomic mass is 9.71. The Kier molecular flexibility index (Phi) is 5.46. The maximum absolute atomic E-state index is 5.52. The minimum Gasteiger partial charge on any atom is -0.384 e. The zero-order valence-corrected chi connectivity index (χ0v) is 14.3. The Morgan fingerprint density at radius 2 is 1.91 bits per heavy atom. The number of nitrogens with zero attached hydrogens (tertiary/aromatic N) is 4. The molecule has 1 aromatic rings. The van der Waals surface area contributed by atoms with Gasteiger partial charge in [-0.2, -0.15) is 0 Å². The van der Waals surface area contributed by atoms with Crippen molar-refractivity contribution in [1.29, 1.82) is 0 Å². The lowest BCUT2D eigenvalue weighted by molar-refractivity contribution is 0.0760. The highest BCUT2D eigenvalue weighted by molar-refractivity contribution is 5.29. The zero-order chi connectivity index (χ0) is 16.1. The highest BCUT2D eigenvalue weighted by Gasteiger charge is 2.47. The molecule has 0 saturated carbocycles. The van der Waals surface area contributed by atoms with Gasteiger partial charge in [0.15, 0.2) is 0 Å². The van der Waals surface area contributed by atoms with Gasteiger partial charge in [-0.25, -0.2) is 9.97 Å². The van der Waals surface area contributed by atoms with Crippen LogP contribution < -0.4 is 4.90 Å². The van der Waals surface area contributed by atoms with E-state index in [1.165, 1.54) is 12.8 Å². The number of piperidine rings is 1. The highest BCUT2D eigenvalue weighted by atomic mass is 16.5. The molecule has 23 heavy (non-hydrogen) atoms. The summed E-state index contributed by atoms with van der Waals surface area (Å²) in [6.07, 6.45) is 6.01. The van der Waals surface area contributed by atoms with Gasteiger partial charge in [-0.1, -0.05) is 0 Å². The average molecular weight is 320 g/mol. The molecule has 128 valence electrons. The van der Waals surface area contributed by atoms with Crippen LogP contribution in [0.5, 0.6) is 0 Å². The molecular formula is C17H28N4O2. The van der Waals surface area contributed by atoms with Crippen molar-refractivity contribution in [3.8, 4) is 0 Å². The van der Waals surface area contributed by atoms with Gasteiger partial charge < -0.3 is 19.3 Å². The highest BCUT2D eigenvalue weighted by Crippen LogP contribution is 2.45. The van der Waals surface area contributed by atoms with Gasteiger partial charge in [0.2, 0.25) is 5.95 Å². The van der Waals surface area contributed by atoms with E-state index in [0.29, 0.717) is 11.3 Å². The summed E-state index contributed by atoms with van der Waals surface area (Å²) in [6, 6.07) is 1.87. The van der Waals surface area contributed by atoms with Crippen LogP contribution in [0.15, 0.2) is 18.5 Å². The van der Waals surface area contributed by atoms with E-state index in [-0.39, 0.29) is 0 Å². The molecule has 0 aromatic carbocycles. The Bertz CT molecular complexity index is 477. The van der Waals surface area contributed by atoms with Crippen LogP contribution in [0.25, 0.3) is 0 Å². The van der Waals surface area contributed by atoms with Crippen LogP contribution in [0, 0.1) is 11.3 Å². The molecule has 0 bridgehead atoms. The second-order valence-electron chi connectivity index (χ2n) is 6.78. The number of hydrogen-bond donors (Lipinski definition) is 0. The van der Waals surface area contributed by atoms with Gasteiger partial charge in [-0.05, 0) is 24.3 Å². The van der Waals surface area contributed by atoms with Crippen LogP contribution in [0.3, 0.4) is 0 Å². The summed E-state index contributed by atoms with van der Waals surface area (Å²) in [5.41, 5.74) is 0.370. The minimum atomic E-state index is 0.370. The molecule has 1 spiro atoms. The van der Waals surface area contributed by atoms with Crippen molar-refractivity contribution in [1.82, 2.24) is 14.9 Å². The number of aromatic nitrogens is 2. The molecule has 0 unspecified atom stereocenters. The summed E-state index contributed by atoms with van der Waals surface area (Å²) in [5.74, 6) is 1.48. The number of hydrogen-bond acceptors (Lipinski definition) is 6. The first-order valence-corrected chi connectivity index (χ1v) is 8.49. The van der Waals surface area contributed by atoms with Crippen LogP contribution in [0.2, 0.25) is 0 Å². The Morgan fingerprint density at radius 1 is 1.17 bits per heavy atom. The zero-order valence-electron chi connectivity index (χ0n) is 14.3. The van der Waals surface area contributed by atoms with E-state index in [2.05, 4.69) is 19.8 Å². The first-order chi connectivity index (χ1) is 11.3. The molecule has 2 aliphatic rings. The Balaban J connectivity index is 1.64. The van der Waals surface area contributed by atoms with Gasteiger partial charge in [0, 0.05) is 65.3 Å². The fourth-order valence-corrected chi connectivity index (χ4v) is 4.14. The van der Waals surface area contributed by atoms with E-state index in [4.69, 9.17) is 9.47 Å². The van der Waals surface area contributed by atoms with Gasteiger partial charge in [-0.15, -0.1) is 0 Å². The van der Waals surface area contributed by atoms with E-state index >= 15 is 0 Å². The lowest BCUT2D eigenvalue weighted by Gasteiger charge is -2.42. The predicted octanol–water partition coefficient (Wildman–Crippen LogP) is 1.29. The molecule has 0 N–H and O–H groups in total. The first kappa shape index (κ1) is 16.6. The molecular weight excluding hydrogens is 292 g/mol. The summed E-state index contributed by atoms with van der Waals surface area (Å²) in [7, 11) is 3.59. The SMILES string of the molecule is COCCN1C[C@H](COC)C2(CCN(c3ncccn3)CC2)C1. The van der Waals surface area contributed by atoms with Crippen molar-refractivity contribution in [2.24, 2.45) is 11.3 Å². The number of likely N-dealkylation sites (tertiary alicyclic amines) is 1. The second-order valence-corrected chi connectivity index (χ2v) is 6.78. The molecule has 6 nitrogen and oxygen atoms in total. The van der Waals surface area contributed by atoms with Crippen LogP contribution in [-0.2, 0) is 9.47 Å². The number of methoxy groups -OCH3 is 2. The Labute approximate surface area is 138 Å². The summed E-state index contributed by atoms with van der Waals surface area (Å²) < 4.78 is 10.8. The third kappa shape index (κ3) is 3.65. The molecule has 0 aliphatic carbocycles. The fraction of sp³-hybridized carbons (Fsp3) is 0.765. The summed E-state index contributed by atoms with van der Waals surface area (Å²) in [4.78, 5) is 13.6. The molecule has 6 heteroatoms. The predicted molar refractivity (Wildman–Crippen MR) is 89.6 cm³/mol. The van der Waals surface area contributed by atoms with Crippen molar-refractivity contribution in [2.75, 3.05) is 65.1 Å². The Hall–Kier alpha value is -1.24. The molecule has 3 heterocycles. The first-order valence-electron chi connectivity index (χ1n) is 8.49. The van der Waals surface area contributed by atoms with Crippen LogP contribution in [-0.4, -0.2) is 75.0 Å². The molecule has 1 aromatic heterocycles. The molecule has 2 aliphatic heterocycles. The van der Waals surface area contributed by atoms with E-state index in [0.717, 1.165) is 51.9 Å². The van der Waals surface area contributed by atoms with E-state index in [9.17, 15) is 0 Å². The average Bonchev–Trinajstić information content (AvgIpc) is 2.92. The summed E-state index contributed by atoms with van der Waals surface area (Å²) >= 11 is 0. The number of ether oxygens (including phenoxy) is 2. The number of anilines is 1. The molecule has 2 fully saturated rings. The van der Waals surface area contributed by atoms with Crippen molar-refractivity contribution in [3.63, 3.8) is 0 Å². The van der Waals surface area contributed by atoms with Crippen LogP contribution in [0.4, 0.5) is 5.95 Å². The third-order valence-corrected chi connectivity index (χ3v) is 5.46. The quantitative estimate of drug-likeness (QED) is 0.787. The van der Waals surface area contributed by atoms with Gasteiger partial charge in [0.05, 0.1) is 13.2 Å². The largest absolute Gasteiger partial charge is 0.384 e. The van der Waals surface area contributed by atoms with Gasteiger partial charge in [-0.3, -0.25) is 0 Å². The molecule has 0 radical (unpaired) electrons. The maximum atomic E-state index is 5.52. The van der Waals surface area contributed by atoms with Gasteiger partial charge in [0.1, 0.15) is 0 Å². The van der Waals surface area contributed by atoms with E-state index in [1.54, 1.807) is 7.11 Å². The van der Waals surface area contributed by atoms with Crippen molar-refractivity contribution in [3.05, 3.63) is 18.5 Å². The third-order valence-electron chi connectivity index (χ3n) is 5.46. The monoisotopic (exact) mass is 320 g/mol. The van der Waals surface area contributed by atoms with E-state index < -0.39 is 0 Å². The lowest BCUT2D eigenvalue weighted by Crippen LogP contribution is -2.45. The number of rotatable bonds is 6. The summed E-state index contributed by atoms with van der Waals surface area (Å²) in [5, 5.41) is 0. The van der Waals surface area contributed by atoms with Gasteiger partial charge in [0.25, 0.3) is 0 Å². The topological polar surface area (TPSA) is 50.7 Å². The van der Waals surface area contributed by atoms with Crippen molar-refractivity contribution >= 4 is 5.95 Å². The molecule has 3 rings (SSSR count). The van der Waals surface area contributed by atoms with Crippen molar-refractivity contribution in [2.45, 2.75) is 12.8 Å². The summed E-state index contributed by atoms with van der Waals surface area (Å²) in [6.45, 7) is 7.02. The molecule has 0 amide bonds.